The van der Waals surface area contributed by atoms with Crippen LogP contribution in [0.15, 0.2) is 53.1 Å². The molecular weight excluding hydrogens is 428 g/mol. The predicted molar refractivity (Wildman–Crippen MR) is 134 cm³/mol. The Bertz CT molecular complexity index is 1070. The molecule has 34 heavy (non-hydrogen) atoms. The first-order valence-corrected chi connectivity index (χ1v) is 12.5. The van der Waals surface area contributed by atoms with Crippen molar-refractivity contribution >= 4 is 16.8 Å². The molecule has 0 radical (unpaired) electrons. The number of β-amino-alcohol motifs (C(OH)–C–C–N with tert-alkyl or cyclic N) is 1. The van der Waals surface area contributed by atoms with E-state index in [-0.39, 0.29) is 12.2 Å². The predicted octanol–water partition coefficient (Wildman–Crippen LogP) is 3.67. The minimum absolute atomic E-state index is 0.113. The molecule has 182 valence electrons. The van der Waals surface area contributed by atoms with Gasteiger partial charge in [-0.2, -0.15) is 0 Å². The van der Waals surface area contributed by atoms with Gasteiger partial charge in [0.1, 0.15) is 11.9 Å². The summed E-state index contributed by atoms with van der Waals surface area (Å²) >= 11 is 0. The molecule has 7 nitrogen and oxygen atoms in total. The SMILES string of the molecule is CC1CCC(C(CCN(C)c2noc3ccccc23)Oc2cccc(CN3CC(O)C3)c2)CN1. The number of aliphatic hydroxyl groups excluding tert-OH is 1. The van der Waals surface area contributed by atoms with Crippen LogP contribution in [0.3, 0.4) is 0 Å². The minimum Gasteiger partial charge on any atom is -0.490 e. The lowest BCUT2D eigenvalue weighted by Crippen LogP contribution is -2.49. The second kappa shape index (κ2) is 10.3. The maximum absolute atomic E-state index is 9.58. The molecule has 7 heteroatoms. The van der Waals surface area contributed by atoms with E-state index in [1.165, 1.54) is 18.4 Å². The zero-order chi connectivity index (χ0) is 23.5. The summed E-state index contributed by atoms with van der Waals surface area (Å²) in [7, 11) is 2.07. The van der Waals surface area contributed by atoms with Crippen LogP contribution in [0.25, 0.3) is 11.0 Å². The molecule has 3 heterocycles. The normalized spacial score (nSPS) is 22.4. The molecular formula is C27H36N4O3. The van der Waals surface area contributed by atoms with Gasteiger partial charge in [0.15, 0.2) is 11.4 Å². The Balaban J connectivity index is 1.27. The molecule has 3 atom stereocenters. The highest BCUT2D eigenvalue weighted by Gasteiger charge is 2.28. The third-order valence-electron chi connectivity index (χ3n) is 7.22. The van der Waals surface area contributed by atoms with Gasteiger partial charge in [-0.1, -0.05) is 29.4 Å². The maximum atomic E-state index is 9.58. The number of hydrogen-bond donors (Lipinski definition) is 2. The van der Waals surface area contributed by atoms with Crippen molar-refractivity contribution in [3.05, 3.63) is 54.1 Å². The van der Waals surface area contributed by atoms with E-state index in [2.05, 4.69) is 64.6 Å². The Hall–Kier alpha value is -2.61. The van der Waals surface area contributed by atoms with Crippen LogP contribution < -0.4 is 15.0 Å². The summed E-state index contributed by atoms with van der Waals surface area (Å²) in [5, 5.41) is 18.6. The molecule has 5 rings (SSSR count). The van der Waals surface area contributed by atoms with E-state index in [4.69, 9.17) is 9.26 Å². The highest BCUT2D eigenvalue weighted by atomic mass is 16.5. The second-order valence-corrected chi connectivity index (χ2v) is 10.0. The summed E-state index contributed by atoms with van der Waals surface area (Å²) in [4.78, 5) is 4.43. The Morgan fingerprint density at radius 3 is 2.85 bits per heavy atom. The van der Waals surface area contributed by atoms with E-state index in [9.17, 15) is 5.11 Å². The van der Waals surface area contributed by atoms with Crippen molar-refractivity contribution in [1.82, 2.24) is 15.4 Å². The fourth-order valence-corrected chi connectivity index (χ4v) is 5.13. The number of anilines is 1. The van der Waals surface area contributed by atoms with Crippen LogP contribution in [0.2, 0.25) is 0 Å². The monoisotopic (exact) mass is 464 g/mol. The smallest absolute Gasteiger partial charge is 0.179 e. The third-order valence-corrected chi connectivity index (χ3v) is 7.22. The molecule has 1 aromatic heterocycles. The first kappa shape index (κ1) is 23.1. The molecule has 2 N–H and O–H groups in total. The molecule has 2 aliphatic heterocycles. The van der Waals surface area contributed by atoms with Crippen molar-refractivity contribution in [2.24, 2.45) is 5.92 Å². The standard InChI is InChI=1S/C27H36N4O3/c1-19-10-11-21(15-28-19)25(12-13-30(2)27-24-8-3-4-9-26(24)34-29-27)33-23-7-5-6-20(14-23)16-31-17-22(32)18-31/h3-9,14,19,21-22,25,28,32H,10-13,15-18H2,1-2H3. The number of nitrogens with one attached hydrogen (secondary N) is 1. The van der Waals surface area contributed by atoms with Crippen molar-refractivity contribution < 1.29 is 14.4 Å². The van der Waals surface area contributed by atoms with Gasteiger partial charge in [-0.3, -0.25) is 4.90 Å². The van der Waals surface area contributed by atoms with Crippen LogP contribution in [0.4, 0.5) is 5.82 Å². The number of para-hydroxylation sites is 1. The van der Waals surface area contributed by atoms with Gasteiger partial charge in [0.25, 0.3) is 0 Å². The van der Waals surface area contributed by atoms with Crippen LogP contribution in [-0.2, 0) is 6.54 Å². The van der Waals surface area contributed by atoms with Gasteiger partial charge in [-0.05, 0) is 49.6 Å². The van der Waals surface area contributed by atoms with Gasteiger partial charge < -0.3 is 24.6 Å². The van der Waals surface area contributed by atoms with Crippen LogP contribution >= 0.6 is 0 Å². The summed E-state index contributed by atoms with van der Waals surface area (Å²) in [6.45, 7) is 6.42. The summed E-state index contributed by atoms with van der Waals surface area (Å²) in [5.74, 6) is 2.27. The topological polar surface area (TPSA) is 74.0 Å². The first-order chi connectivity index (χ1) is 16.5. The fourth-order valence-electron chi connectivity index (χ4n) is 5.13. The zero-order valence-electron chi connectivity index (χ0n) is 20.2. The van der Waals surface area contributed by atoms with Gasteiger partial charge in [0, 0.05) is 58.2 Å². The van der Waals surface area contributed by atoms with E-state index in [0.717, 1.165) is 61.7 Å². The quantitative estimate of drug-likeness (QED) is 0.501. The molecule has 0 saturated carbocycles. The molecule has 0 bridgehead atoms. The first-order valence-electron chi connectivity index (χ1n) is 12.5. The summed E-state index contributed by atoms with van der Waals surface area (Å²) in [6, 6.07) is 17.0. The zero-order valence-corrected chi connectivity index (χ0v) is 20.2. The minimum atomic E-state index is -0.177. The van der Waals surface area contributed by atoms with E-state index in [0.29, 0.717) is 12.0 Å². The number of ether oxygens (including phenoxy) is 1. The molecule has 3 unspecified atom stereocenters. The average molecular weight is 465 g/mol. The van der Waals surface area contributed by atoms with Crippen LogP contribution in [0.1, 0.15) is 31.7 Å². The molecule has 2 aliphatic rings. The van der Waals surface area contributed by atoms with Crippen molar-refractivity contribution in [2.45, 2.75) is 51.0 Å². The highest BCUT2D eigenvalue weighted by molar-refractivity contribution is 5.88. The van der Waals surface area contributed by atoms with Crippen molar-refractivity contribution in [3.63, 3.8) is 0 Å². The summed E-state index contributed by atoms with van der Waals surface area (Å²) < 4.78 is 12.2. The fraction of sp³-hybridized carbons (Fsp3) is 0.519. The Morgan fingerprint density at radius 1 is 1.21 bits per heavy atom. The second-order valence-electron chi connectivity index (χ2n) is 10.0. The maximum Gasteiger partial charge on any atom is 0.179 e. The van der Waals surface area contributed by atoms with Gasteiger partial charge in [0.05, 0.1) is 11.5 Å². The van der Waals surface area contributed by atoms with Crippen LogP contribution in [-0.4, -0.2) is 66.6 Å². The number of benzene rings is 2. The number of aliphatic hydroxyl groups is 1. The van der Waals surface area contributed by atoms with E-state index in [1.54, 1.807) is 0 Å². The van der Waals surface area contributed by atoms with Gasteiger partial charge in [0.2, 0.25) is 0 Å². The van der Waals surface area contributed by atoms with Crippen LogP contribution in [0.5, 0.6) is 5.75 Å². The number of nitrogens with zero attached hydrogens (tertiary/aromatic N) is 3. The lowest BCUT2D eigenvalue weighted by Gasteiger charge is -2.36. The molecule has 0 spiro atoms. The van der Waals surface area contributed by atoms with E-state index in [1.807, 2.05) is 18.2 Å². The van der Waals surface area contributed by atoms with Crippen molar-refractivity contribution in [2.75, 3.05) is 38.1 Å². The number of likely N-dealkylation sites (tertiary alicyclic amines) is 1. The Labute approximate surface area is 201 Å². The molecule has 2 fully saturated rings. The third kappa shape index (κ3) is 5.37. The number of fused-ring (bicyclic) bond motifs is 1. The highest BCUT2D eigenvalue weighted by Crippen LogP contribution is 2.28. The number of aromatic nitrogens is 1. The van der Waals surface area contributed by atoms with Gasteiger partial charge in [-0.15, -0.1) is 0 Å². The molecule has 0 aliphatic carbocycles. The molecule has 0 amide bonds. The molecule has 3 aromatic rings. The lowest BCUT2D eigenvalue weighted by molar-refractivity contribution is -0.00292. The average Bonchev–Trinajstić information content (AvgIpc) is 3.26. The van der Waals surface area contributed by atoms with Crippen molar-refractivity contribution in [1.29, 1.82) is 0 Å². The Morgan fingerprint density at radius 2 is 2.06 bits per heavy atom. The molecule has 2 aromatic carbocycles. The molecule has 2 saturated heterocycles. The van der Waals surface area contributed by atoms with Crippen molar-refractivity contribution in [3.8, 4) is 5.75 Å². The number of hydrogen-bond acceptors (Lipinski definition) is 7. The number of piperidine rings is 1. The van der Waals surface area contributed by atoms with E-state index >= 15 is 0 Å². The Kier molecular flexibility index (Phi) is 7.04. The van der Waals surface area contributed by atoms with Crippen LogP contribution in [0, 0.1) is 5.92 Å². The summed E-state index contributed by atoms with van der Waals surface area (Å²) in [5.41, 5.74) is 2.04. The lowest BCUT2D eigenvalue weighted by atomic mass is 9.89. The summed E-state index contributed by atoms with van der Waals surface area (Å²) in [6.07, 6.45) is 3.18. The largest absolute Gasteiger partial charge is 0.490 e. The van der Waals surface area contributed by atoms with Gasteiger partial charge in [-0.25, -0.2) is 0 Å². The van der Waals surface area contributed by atoms with E-state index < -0.39 is 0 Å². The van der Waals surface area contributed by atoms with Gasteiger partial charge >= 0.3 is 0 Å². The number of rotatable bonds is 9.